The number of amides is 1. The highest BCUT2D eigenvalue weighted by atomic mass is 16.2. The summed E-state index contributed by atoms with van der Waals surface area (Å²) in [5.74, 6) is 0.148. The summed E-state index contributed by atoms with van der Waals surface area (Å²) in [4.78, 5) is 19.5. The van der Waals surface area contributed by atoms with Crippen LogP contribution in [-0.2, 0) is 0 Å². The van der Waals surface area contributed by atoms with E-state index in [2.05, 4.69) is 54.0 Å². The molecule has 138 valence electrons. The lowest BCUT2D eigenvalue weighted by molar-refractivity contribution is 0.0729. The Morgan fingerprint density at radius 3 is 2.23 bits per heavy atom. The van der Waals surface area contributed by atoms with E-state index in [0.717, 1.165) is 37.3 Å². The summed E-state index contributed by atoms with van der Waals surface area (Å²) in [6.07, 6.45) is 0. The molecule has 1 atom stereocenters. The van der Waals surface area contributed by atoms with Gasteiger partial charge in [0.2, 0.25) is 0 Å². The van der Waals surface area contributed by atoms with Gasteiger partial charge < -0.3 is 14.7 Å². The van der Waals surface area contributed by atoms with Crippen molar-refractivity contribution in [3.05, 3.63) is 65.2 Å². The van der Waals surface area contributed by atoms with Crippen LogP contribution in [-0.4, -0.2) is 56.0 Å². The van der Waals surface area contributed by atoms with Crippen molar-refractivity contribution in [1.29, 1.82) is 0 Å². The Balaban J connectivity index is 1.93. The van der Waals surface area contributed by atoms with Crippen LogP contribution in [0, 0.1) is 0 Å². The fourth-order valence-electron chi connectivity index (χ4n) is 3.70. The van der Waals surface area contributed by atoms with E-state index in [-0.39, 0.29) is 11.9 Å². The van der Waals surface area contributed by atoms with Gasteiger partial charge >= 0.3 is 0 Å². The minimum absolute atomic E-state index is 0.00507. The monoisotopic (exact) mass is 351 g/mol. The molecule has 4 nitrogen and oxygen atoms in total. The van der Waals surface area contributed by atoms with Crippen LogP contribution in [0.3, 0.4) is 0 Å². The maximum atomic E-state index is 13.0. The lowest BCUT2D eigenvalue weighted by Gasteiger charge is -2.29. The first-order valence-electron chi connectivity index (χ1n) is 9.46. The summed E-state index contributed by atoms with van der Waals surface area (Å²) in [6, 6.07) is 16.6. The van der Waals surface area contributed by atoms with Gasteiger partial charge in [0.05, 0.1) is 6.04 Å². The Kier molecular flexibility index (Phi) is 5.62. The number of fused-ring (bicyclic) bond motifs is 1. The number of likely N-dealkylation sites (N-methyl/N-ethyl adjacent to an activating group) is 1. The van der Waals surface area contributed by atoms with E-state index in [9.17, 15) is 4.79 Å². The van der Waals surface area contributed by atoms with Gasteiger partial charge in [-0.3, -0.25) is 4.79 Å². The molecule has 0 N–H and O–H groups in total. The maximum absolute atomic E-state index is 13.0. The van der Waals surface area contributed by atoms with E-state index in [0.29, 0.717) is 0 Å². The van der Waals surface area contributed by atoms with Crippen molar-refractivity contribution in [2.75, 3.05) is 45.2 Å². The van der Waals surface area contributed by atoms with E-state index >= 15 is 0 Å². The molecular formula is C22H29N3O. The summed E-state index contributed by atoms with van der Waals surface area (Å²) in [6.45, 7) is 8.00. The standard InChI is InChI=1S/C22H29N3O/c1-5-24(6-2)15-16-25-21(17-11-13-18(14-12-17)23(3)4)19-9-7-8-10-20(19)22(25)26/h7-14,21H,5-6,15-16H2,1-4H3. The van der Waals surface area contributed by atoms with Crippen molar-refractivity contribution in [2.24, 2.45) is 0 Å². The van der Waals surface area contributed by atoms with Gasteiger partial charge in [-0.25, -0.2) is 0 Å². The van der Waals surface area contributed by atoms with Crippen LogP contribution in [0.1, 0.15) is 41.4 Å². The lowest BCUT2D eigenvalue weighted by atomic mass is 9.97. The molecule has 0 fully saturated rings. The first-order chi connectivity index (χ1) is 12.6. The molecule has 1 unspecified atom stereocenters. The molecule has 0 saturated carbocycles. The molecule has 4 heteroatoms. The quantitative estimate of drug-likeness (QED) is 0.762. The van der Waals surface area contributed by atoms with Gasteiger partial charge in [0.25, 0.3) is 5.91 Å². The molecule has 1 amide bonds. The third kappa shape index (κ3) is 3.47. The van der Waals surface area contributed by atoms with Crippen molar-refractivity contribution < 1.29 is 4.79 Å². The Morgan fingerprint density at radius 2 is 1.62 bits per heavy atom. The summed E-state index contributed by atoms with van der Waals surface area (Å²) in [7, 11) is 4.08. The highest BCUT2D eigenvalue weighted by Gasteiger charge is 2.37. The molecule has 0 aromatic heterocycles. The van der Waals surface area contributed by atoms with Crippen LogP contribution < -0.4 is 4.90 Å². The van der Waals surface area contributed by atoms with Crippen LogP contribution in [0.2, 0.25) is 0 Å². The van der Waals surface area contributed by atoms with Gasteiger partial charge in [0.1, 0.15) is 0 Å². The summed E-state index contributed by atoms with van der Waals surface area (Å²) >= 11 is 0. The number of benzene rings is 2. The number of anilines is 1. The van der Waals surface area contributed by atoms with Gasteiger partial charge in [0, 0.05) is 38.4 Å². The third-order valence-electron chi connectivity index (χ3n) is 5.34. The normalized spacial score (nSPS) is 16.3. The molecule has 0 bridgehead atoms. The predicted octanol–water partition coefficient (Wildman–Crippen LogP) is 3.64. The van der Waals surface area contributed by atoms with Crippen LogP contribution in [0.15, 0.2) is 48.5 Å². The van der Waals surface area contributed by atoms with E-state index in [1.807, 2.05) is 37.2 Å². The number of hydrogen-bond donors (Lipinski definition) is 0. The average Bonchev–Trinajstić information content (AvgIpc) is 2.95. The molecule has 2 aromatic rings. The number of carbonyl (C=O) groups is 1. The first kappa shape index (κ1) is 18.5. The van der Waals surface area contributed by atoms with E-state index in [4.69, 9.17) is 0 Å². The second-order valence-corrected chi connectivity index (χ2v) is 7.00. The molecule has 1 aliphatic heterocycles. The Morgan fingerprint density at radius 1 is 0.962 bits per heavy atom. The maximum Gasteiger partial charge on any atom is 0.255 e. The van der Waals surface area contributed by atoms with Gasteiger partial charge in [-0.15, -0.1) is 0 Å². The van der Waals surface area contributed by atoms with Crippen LogP contribution in [0.25, 0.3) is 0 Å². The Labute approximate surface area is 157 Å². The highest BCUT2D eigenvalue weighted by molar-refractivity contribution is 5.99. The lowest BCUT2D eigenvalue weighted by Crippen LogP contribution is -2.37. The van der Waals surface area contributed by atoms with Crippen molar-refractivity contribution >= 4 is 11.6 Å². The van der Waals surface area contributed by atoms with E-state index < -0.39 is 0 Å². The van der Waals surface area contributed by atoms with Crippen molar-refractivity contribution in [3.8, 4) is 0 Å². The summed E-state index contributed by atoms with van der Waals surface area (Å²) < 4.78 is 0. The van der Waals surface area contributed by atoms with E-state index in [1.165, 1.54) is 11.3 Å². The minimum Gasteiger partial charge on any atom is -0.378 e. The molecule has 0 spiro atoms. The Hall–Kier alpha value is -2.33. The zero-order chi connectivity index (χ0) is 18.7. The van der Waals surface area contributed by atoms with Crippen LogP contribution >= 0.6 is 0 Å². The first-order valence-corrected chi connectivity index (χ1v) is 9.46. The van der Waals surface area contributed by atoms with Crippen molar-refractivity contribution in [3.63, 3.8) is 0 Å². The predicted molar refractivity (Wildman–Crippen MR) is 108 cm³/mol. The fourth-order valence-corrected chi connectivity index (χ4v) is 3.70. The van der Waals surface area contributed by atoms with E-state index in [1.54, 1.807) is 0 Å². The highest BCUT2D eigenvalue weighted by Crippen LogP contribution is 2.38. The van der Waals surface area contributed by atoms with Gasteiger partial charge in [-0.1, -0.05) is 44.2 Å². The summed E-state index contributed by atoms with van der Waals surface area (Å²) in [5, 5.41) is 0. The number of carbonyl (C=O) groups excluding carboxylic acids is 1. The minimum atomic E-state index is 0.00507. The number of nitrogens with zero attached hydrogens (tertiary/aromatic N) is 3. The second kappa shape index (κ2) is 7.92. The fraction of sp³-hybridized carbons (Fsp3) is 0.409. The van der Waals surface area contributed by atoms with Crippen LogP contribution in [0.5, 0.6) is 0 Å². The molecule has 1 aliphatic rings. The van der Waals surface area contributed by atoms with Crippen molar-refractivity contribution in [1.82, 2.24) is 9.80 Å². The molecule has 0 aliphatic carbocycles. The molecule has 0 saturated heterocycles. The molecule has 3 rings (SSSR count). The van der Waals surface area contributed by atoms with Gasteiger partial charge in [0.15, 0.2) is 0 Å². The van der Waals surface area contributed by atoms with Gasteiger partial charge in [-0.05, 0) is 42.4 Å². The molecule has 2 aromatic carbocycles. The zero-order valence-corrected chi connectivity index (χ0v) is 16.3. The average molecular weight is 351 g/mol. The van der Waals surface area contributed by atoms with Crippen molar-refractivity contribution in [2.45, 2.75) is 19.9 Å². The second-order valence-electron chi connectivity index (χ2n) is 7.00. The van der Waals surface area contributed by atoms with Gasteiger partial charge in [-0.2, -0.15) is 0 Å². The molecule has 26 heavy (non-hydrogen) atoms. The van der Waals surface area contributed by atoms with Crippen LogP contribution in [0.4, 0.5) is 5.69 Å². The molecular weight excluding hydrogens is 322 g/mol. The number of rotatable bonds is 7. The third-order valence-corrected chi connectivity index (χ3v) is 5.34. The SMILES string of the molecule is CCN(CC)CCN1C(=O)c2ccccc2C1c1ccc(N(C)C)cc1. The Bertz CT molecular complexity index is 750. The largest absolute Gasteiger partial charge is 0.378 e. The summed E-state index contributed by atoms with van der Waals surface area (Å²) in [5.41, 5.74) is 4.30. The smallest absolute Gasteiger partial charge is 0.255 e. The topological polar surface area (TPSA) is 26.8 Å². The number of hydrogen-bond acceptors (Lipinski definition) is 3. The molecule has 0 radical (unpaired) electrons. The zero-order valence-electron chi connectivity index (χ0n) is 16.3. The molecule has 1 heterocycles.